The maximum Gasteiger partial charge on any atom is 0.263 e. The number of thiazole rings is 1. The highest BCUT2D eigenvalue weighted by Gasteiger charge is 2.18. The number of nitrogens with zero attached hydrogens (tertiary/aromatic N) is 2. The summed E-state index contributed by atoms with van der Waals surface area (Å²) < 4.78 is 51.1. The molecule has 3 aromatic rings. The number of fused-ring (bicyclic) bond motifs is 1. The lowest BCUT2D eigenvalue weighted by atomic mass is 10.2. The van der Waals surface area contributed by atoms with E-state index in [0.717, 1.165) is 17.5 Å². The number of hydrogen-bond acceptors (Lipinski definition) is 7. The van der Waals surface area contributed by atoms with Crippen molar-refractivity contribution in [1.29, 1.82) is 0 Å². The van der Waals surface area contributed by atoms with E-state index in [9.17, 15) is 21.6 Å². The summed E-state index contributed by atoms with van der Waals surface area (Å²) in [6, 6.07) is 13.4. The van der Waals surface area contributed by atoms with Gasteiger partial charge in [0.05, 0.1) is 20.9 Å². The second-order valence-electron chi connectivity index (χ2n) is 6.95. The fourth-order valence-corrected chi connectivity index (χ4v) is 6.42. The largest absolute Gasteiger partial charge is 0.316 e. The Bertz CT molecular complexity index is 1370. The fraction of sp³-hybridized carbons (Fsp3) is 0.300. The van der Waals surface area contributed by atoms with Gasteiger partial charge in [0.1, 0.15) is 5.75 Å². The molecule has 0 bridgehead atoms. The average Bonchev–Trinajstić information content (AvgIpc) is 3.01. The molecule has 0 aliphatic carbocycles. The Morgan fingerprint density at radius 2 is 1.81 bits per heavy atom. The summed E-state index contributed by atoms with van der Waals surface area (Å²) in [5.41, 5.74) is 1.37. The molecule has 0 radical (unpaired) electrons. The molecule has 3 rings (SSSR count). The number of rotatable bonds is 8. The van der Waals surface area contributed by atoms with Crippen LogP contribution in [0.3, 0.4) is 0 Å². The molecule has 31 heavy (non-hydrogen) atoms. The summed E-state index contributed by atoms with van der Waals surface area (Å²) in [6.07, 6.45) is 3.09. The first kappa shape index (κ1) is 23.7. The molecule has 11 heteroatoms. The number of carbonyl (C=O) groups is 1. The molecule has 1 aromatic heterocycles. The van der Waals surface area contributed by atoms with Gasteiger partial charge in [-0.2, -0.15) is 16.8 Å². The number of benzene rings is 2. The number of carbonyl (C=O) groups excluding carboxylic acids is 1. The molecule has 0 saturated heterocycles. The van der Waals surface area contributed by atoms with Gasteiger partial charge in [0.25, 0.3) is 5.91 Å². The Labute approximate surface area is 189 Å². The third kappa shape index (κ3) is 6.28. The number of hydrogen-bond donors (Lipinski definition) is 0. The molecule has 1 amide bonds. The Kier molecular flexibility index (Phi) is 7.40. The third-order valence-corrected chi connectivity index (χ3v) is 8.60. The van der Waals surface area contributed by atoms with Gasteiger partial charge in [0.15, 0.2) is 24.5 Å². The fourth-order valence-electron chi connectivity index (χ4n) is 2.97. The standard InChI is InChI=1S/C20H22N2O5S4/c1-28-11-10-22-17-9-8-16(30(2,24)25)12-18(17)29-20(22)21-19(23)14-31(26,27)13-15-6-4-3-5-7-15/h3-9,12H,10-11,13-14H2,1-2H3. The van der Waals surface area contributed by atoms with Gasteiger partial charge < -0.3 is 4.57 Å². The van der Waals surface area contributed by atoms with E-state index < -0.39 is 31.3 Å². The van der Waals surface area contributed by atoms with Crippen LogP contribution < -0.4 is 4.80 Å². The van der Waals surface area contributed by atoms with E-state index in [-0.39, 0.29) is 10.6 Å². The number of amides is 1. The van der Waals surface area contributed by atoms with Crippen LogP contribution in [0.5, 0.6) is 0 Å². The molecule has 0 unspecified atom stereocenters. The minimum atomic E-state index is -3.67. The maximum atomic E-state index is 12.5. The molecular weight excluding hydrogens is 476 g/mol. The molecule has 0 aliphatic rings. The molecule has 0 aliphatic heterocycles. The van der Waals surface area contributed by atoms with Crippen LogP contribution in [0.25, 0.3) is 10.2 Å². The van der Waals surface area contributed by atoms with E-state index in [4.69, 9.17) is 0 Å². The van der Waals surface area contributed by atoms with E-state index in [1.54, 1.807) is 54.2 Å². The molecule has 2 aromatic carbocycles. The number of sulfone groups is 2. The lowest BCUT2D eigenvalue weighted by Gasteiger charge is -2.05. The lowest BCUT2D eigenvalue weighted by molar-refractivity contribution is -0.115. The smallest absolute Gasteiger partial charge is 0.263 e. The minimum absolute atomic E-state index is 0.182. The molecular formula is C20H22N2O5S4. The van der Waals surface area contributed by atoms with Crippen molar-refractivity contribution in [2.24, 2.45) is 4.99 Å². The van der Waals surface area contributed by atoms with E-state index in [1.165, 1.54) is 17.4 Å². The summed E-state index contributed by atoms with van der Waals surface area (Å²) in [7, 11) is -7.05. The minimum Gasteiger partial charge on any atom is -0.316 e. The SMILES string of the molecule is CSCCn1c(=NC(=O)CS(=O)(=O)Cc2ccccc2)sc2cc(S(C)(=O)=O)ccc21. The first-order valence-corrected chi connectivity index (χ1v) is 15.2. The molecule has 0 spiro atoms. The summed E-state index contributed by atoms with van der Waals surface area (Å²) in [4.78, 5) is 17.1. The van der Waals surface area contributed by atoms with Gasteiger partial charge >= 0.3 is 0 Å². The highest BCUT2D eigenvalue weighted by atomic mass is 32.2. The molecule has 166 valence electrons. The van der Waals surface area contributed by atoms with Gasteiger partial charge in [0.2, 0.25) is 0 Å². The summed E-state index contributed by atoms with van der Waals surface area (Å²) in [5.74, 6) is -0.907. The number of thioether (sulfide) groups is 1. The Hall–Kier alpha value is -1.95. The Morgan fingerprint density at radius 1 is 1.10 bits per heavy atom. The predicted molar refractivity (Wildman–Crippen MR) is 126 cm³/mol. The predicted octanol–water partition coefficient (Wildman–Crippen LogP) is 2.51. The van der Waals surface area contributed by atoms with Crippen molar-refractivity contribution in [3.05, 3.63) is 58.9 Å². The Balaban J connectivity index is 1.96. The van der Waals surface area contributed by atoms with Crippen molar-refractivity contribution >= 4 is 58.9 Å². The lowest BCUT2D eigenvalue weighted by Crippen LogP contribution is -2.22. The van der Waals surface area contributed by atoms with Crippen molar-refractivity contribution in [2.75, 3.05) is 24.0 Å². The zero-order valence-electron chi connectivity index (χ0n) is 17.0. The van der Waals surface area contributed by atoms with Crippen LogP contribution in [0, 0.1) is 0 Å². The van der Waals surface area contributed by atoms with Gasteiger partial charge in [-0.25, -0.2) is 16.8 Å². The number of aryl methyl sites for hydroxylation is 1. The molecule has 7 nitrogen and oxygen atoms in total. The zero-order valence-corrected chi connectivity index (χ0v) is 20.3. The highest BCUT2D eigenvalue weighted by molar-refractivity contribution is 7.98. The van der Waals surface area contributed by atoms with Gasteiger partial charge in [-0.1, -0.05) is 41.7 Å². The van der Waals surface area contributed by atoms with Gasteiger partial charge in [0, 0.05) is 18.6 Å². The van der Waals surface area contributed by atoms with Crippen molar-refractivity contribution in [3.8, 4) is 0 Å². The van der Waals surface area contributed by atoms with Gasteiger partial charge in [-0.15, -0.1) is 0 Å². The summed E-state index contributed by atoms with van der Waals surface area (Å²) in [6.45, 7) is 0.558. The molecule has 0 saturated carbocycles. The van der Waals surface area contributed by atoms with E-state index in [1.807, 2.05) is 10.8 Å². The van der Waals surface area contributed by atoms with Gasteiger partial charge in [-0.05, 0) is 30.0 Å². The van der Waals surface area contributed by atoms with Crippen LogP contribution in [0.2, 0.25) is 0 Å². The van der Waals surface area contributed by atoms with Crippen LogP contribution >= 0.6 is 23.1 Å². The second-order valence-corrected chi connectivity index (χ2v) is 13.0. The molecule has 1 heterocycles. The summed E-state index contributed by atoms with van der Waals surface area (Å²) in [5, 5.41) is 0. The van der Waals surface area contributed by atoms with E-state index >= 15 is 0 Å². The molecule has 0 atom stereocenters. The van der Waals surface area contributed by atoms with Crippen molar-refractivity contribution in [3.63, 3.8) is 0 Å². The van der Waals surface area contributed by atoms with Crippen LogP contribution in [0.15, 0.2) is 58.4 Å². The summed E-state index contributed by atoms with van der Waals surface area (Å²) >= 11 is 2.79. The zero-order chi connectivity index (χ0) is 22.6. The van der Waals surface area contributed by atoms with E-state index in [0.29, 0.717) is 21.6 Å². The topological polar surface area (TPSA) is 103 Å². The van der Waals surface area contributed by atoms with Crippen molar-refractivity contribution < 1.29 is 21.6 Å². The van der Waals surface area contributed by atoms with E-state index in [2.05, 4.69) is 4.99 Å². The van der Waals surface area contributed by atoms with Crippen LogP contribution in [-0.4, -0.2) is 51.3 Å². The van der Waals surface area contributed by atoms with Crippen LogP contribution in [0.4, 0.5) is 0 Å². The molecule has 0 fully saturated rings. The third-order valence-electron chi connectivity index (χ3n) is 4.39. The second kappa shape index (κ2) is 9.68. The maximum absolute atomic E-state index is 12.5. The first-order chi connectivity index (χ1) is 14.6. The van der Waals surface area contributed by atoms with Gasteiger partial charge in [-0.3, -0.25) is 4.79 Å². The van der Waals surface area contributed by atoms with Crippen molar-refractivity contribution in [1.82, 2.24) is 4.57 Å². The normalized spacial score (nSPS) is 13.0. The highest BCUT2D eigenvalue weighted by Crippen LogP contribution is 2.22. The number of aromatic nitrogens is 1. The first-order valence-electron chi connectivity index (χ1n) is 9.23. The Morgan fingerprint density at radius 3 is 2.45 bits per heavy atom. The van der Waals surface area contributed by atoms with Crippen LogP contribution in [-0.2, 0) is 36.8 Å². The molecule has 0 N–H and O–H groups in total. The quantitative estimate of drug-likeness (QED) is 0.473. The monoisotopic (exact) mass is 498 g/mol. The van der Waals surface area contributed by atoms with Crippen molar-refractivity contribution in [2.45, 2.75) is 17.2 Å². The average molecular weight is 499 g/mol. The van der Waals surface area contributed by atoms with Crippen LogP contribution in [0.1, 0.15) is 5.56 Å².